The molecule has 3 amide bonds. The lowest BCUT2D eigenvalue weighted by molar-refractivity contribution is -0.138. The highest BCUT2D eigenvalue weighted by Gasteiger charge is 2.33. The first-order chi connectivity index (χ1) is 21.3. The van der Waals surface area contributed by atoms with Gasteiger partial charge in [0.15, 0.2) is 0 Å². The molecule has 2 atom stereocenters. The monoisotopic (exact) mass is 664 g/mol. The molecule has 0 radical (unpaired) electrons. The Morgan fingerprint density at radius 1 is 0.848 bits per heavy atom. The van der Waals surface area contributed by atoms with Crippen LogP contribution in [0, 0.1) is 0 Å². The third-order valence-electron chi connectivity index (χ3n) is 6.88. The molecule has 19 heteroatoms. The molecule has 46 heavy (non-hydrogen) atoms. The van der Waals surface area contributed by atoms with Crippen molar-refractivity contribution in [1.29, 1.82) is 0 Å². The van der Waals surface area contributed by atoms with E-state index < -0.39 is 77.2 Å². The van der Waals surface area contributed by atoms with Crippen molar-refractivity contribution in [2.24, 2.45) is 17.2 Å². The summed E-state index contributed by atoms with van der Waals surface area (Å²) < 4.78 is 78.9. The maximum absolute atomic E-state index is 13.4. The number of anilines is 1. The molecule has 0 heterocycles. The number of halogens is 6. The van der Waals surface area contributed by atoms with Crippen LogP contribution in [0.3, 0.4) is 0 Å². The molecule has 0 bridgehead atoms. The second-order valence-corrected chi connectivity index (χ2v) is 10.6. The lowest BCUT2D eigenvalue weighted by atomic mass is 9.79. The van der Waals surface area contributed by atoms with Gasteiger partial charge in [0.2, 0.25) is 17.7 Å². The van der Waals surface area contributed by atoms with E-state index in [4.69, 9.17) is 17.2 Å². The van der Waals surface area contributed by atoms with Gasteiger partial charge in [0.25, 0.3) is 0 Å². The molecule has 0 saturated carbocycles. The minimum atomic E-state index is -4.92. The molecule has 0 aliphatic rings. The lowest BCUT2D eigenvalue weighted by Crippen LogP contribution is -2.53. The predicted octanol–water partition coefficient (Wildman–Crippen LogP) is -0.668. The van der Waals surface area contributed by atoms with E-state index in [2.05, 4.69) is 16.0 Å². The van der Waals surface area contributed by atoms with Crippen LogP contribution < -0.4 is 38.6 Å². The van der Waals surface area contributed by atoms with Crippen LogP contribution in [-0.2, 0) is 33.2 Å². The van der Waals surface area contributed by atoms with Crippen molar-refractivity contribution in [2.75, 3.05) is 25.0 Å². The Morgan fingerprint density at radius 2 is 1.43 bits per heavy atom. The summed E-state index contributed by atoms with van der Waals surface area (Å²) in [5.74, 6) is -2.59. The summed E-state index contributed by atoms with van der Waals surface area (Å²) in [6.07, 6.45) is -10.4. The SMILES string of the molecule is NCC(O)(CN)CNC(=O)CC[C@H](N)C(=O)N[C@H](CCc1ccc(C(F)(F)F)cc1)C(=O)Nc1cc(B(O)O)cc(C(F)(F)F)c1. The fourth-order valence-corrected chi connectivity index (χ4v) is 3.98. The number of hydrogen-bond donors (Lipinski definition) is 9. The largest absolute Gasteiger partial charge is 0.488 e. The molecule has 0 fully saturated rings. The highest BCUT2D eigenvalue weighted by atomic mass is 19.4. The summed E-state index contributed by atoms with van der Waals surface area (Å²) in [4.78, 5) is 38.2. The van der Waals surface area contributed by atoms with Crippen LogP contribution in [-0.4, -0.2) is 77.3 Å². The number of nitrogens with two attached hydrogens (primary N) is 3. The quantitative estimate of drug-likeness (QED) is 0.0869. The zero-order valence-corrected chi connectivity index (χ0v) is 24.3. The van der Waals surface area contributed by atoms with Gasteiger partial charge in [-0.25, -0.2) is 0 Å². The van der Waals surface area contributed by atoms with Gasteiger partial charge in [-0.05, 0) is 54.6 Å². The van der Waals surface area contributed by atoms with Gasteiger partial charge in [0, 0.05) is 31.7 Å². The van der Waals surface area contributed by atoms with E-state index in [0.717, 1.165) is 30.3 Å². The Hall–Kier alpha value is -3.75. The third kappa shape index (κ3) is 11.9. The molecular formula is C27H35BF6N6O6. The van der Waals surface area contributed by atoms with Crippen LogP contribution in [0.4, 0.5) is 32.0 Å². The number of carbonyl (C=O) groups excluding carboxylic acids is 3. The highest BCUT2D eigenvalue weighted by molar-refractivity contribution is 6.58. The minimum absolute atomic E-state index is 0.0669. The van der Waals surface area contributed by atoms with Gasteiger partial charge in [-0.2, -0.15) is 26.3 Å². The summed E-state index contributed by atoms with van der Waals surface area (Å²) in [5.41, 5.74) is 12.2. The first-order valence-electron chi connectivity index (χ1n) is 13.8. The van der Waals surface area contributed by atoms with E-state index in [1.807, 2.05) is 0 Å². The van der Waals surface area contributed by atoms with E-state index in [-0.39, 0.29) is 45.3 Å². The number of rotatable bonds is 15. The fourth-order valence-electron chi connectivity index (χ4n) is 3.98. The summed E-state index contributed by atoms with van der Waals surface area (Å²) >= 11 is 0. The molecule has 0 unspecified atom stereocenters. The second kappa shape index (κ2) is 16.2. The molecule has 12 nitrogen and oxygen atoms in total. The molecule has 0 aliphatic carbocycles. The van der Waals surface area contributed by atoms with Crippen molar-refractivity contribution < 1.29 is 55.9 Å². The Morgan fingerprint density at radius 3 is 1.96 bits per heavy atom. The highest BCUT2D eigenvalue weighted by Crippen LogP contribution is 2.31. The molecule has 0 spiro atoms. The molecule has 2 aromatic carbocycles. The predicted molar refractivity (Wildman–Crippen MR) is 155 cm³/mol. The molecule has 254 valence electrons. The average molecular weight is 664 g/mol. The van der Waals surface area contributed by atoms with Crippen LogP contribution in [0.25, 0.3) is 0 Å². The van der Waals surface area contributed by atoms with Crippen LogP contribution in [0.2, 0.25) is 0 Å². The van der Waals surface area contributed by atoms with E-state index in [9.17, 15) is 55.9 Å². The molecule has 0 aromatic heterocycles. The summed E-state index contributed by atoms with van der Waals surface area (Å²) in [6.45, 7) is -0.731. The van der Waals surface area contributed by atoms with Gasteiger partial charge in [0.1, 0.15) is 11.6 Å². The zero-order chi connectivity index (χ0) is 34.9. The first-order valence-corrected chi connectivity index (χ1v) is 13.8. The lowest BCUT2D eigenvalue weighted by Gasteiger charge is -2.25. The number of amides is 3. The van der Waals surface area contributed by atoms with Crippen LogP contribution in [0.1, 0.15) is 36.0 Å². The van der Waals surface area contributed by atoms with Crippen molar-refractivity contribution in [3.8, 4) is 0 Å². The van der Waals surface area contributed by atoms with Gasteiger partial charge in [-0.1, -0.05) is 18.2 Å². The van der Waals surface area contributed by atoms with Crippen molar-refractivity contribution in [3.05, 3.63) is 59.2 Å². The van der Waals surface area contributed by atoms with Gasteiger partial charge in [0.05, 0.1) is 17.2 Å². The molecule has 12 N–H and O–H groups in total. The van der Waals surface area contributed by atoms with Gasteiger partial charge in [-0.3, -0.25) is 14.4 Å². The molecular weight excluding hydrogens is 629 g/mol. The van der Waals surface area contributed by atoms with Crippen LogP contribution in [0.5, 0.6) is 0 Å². The Labute approximate surface area is 259 Å². The summed E-state index contributed by atoms with van der Waals surface area (Å²) in [6, 6.07) is 2.95. The average Bonchev–Trinajstić information content (AvgIpc) is 2.99. The number of nitrogens with one attached hydrogen (secondary N) is 3. The van der Waals surface area contributed by atoms with Crippen molar-refractivity contribution in [2.45, 2.75) is 55.7 Å². The number of carbonyl (C=O) groups is 3. The minimum Gasteiger partial charge on any atom is -0.423 e. The van der Waals surface area contributed by atoms with Crippen LogP contribution >= 0.6 is 0 Å². The number of hydrogen-bond acceptors (Lipinski definition) is 9. The number of aryl methyl sites for hydroxylation is 1. The maximum Gasteiger partial charge on any atom is 0.488 e. The van der Waals surface area contributed by atoms with Gasteiger partial charge >= 0.3 is 19.5 Å². The zero-order valence-electron chi connectivity index (χ0n) is 24.3. The fraction of sp³-hybridized carbons (Fsp3) is 0.444. The molecule has 0 saturated heterocycles. The smallest absolute Gasteiger partial charge is 0.423 e. The molecule has 2 aromatic rings. The number of alkyl halides is 6. The van der Waals surface area contributed by atoms with Gasteiger partial charge < -0.3 is 48.3 Å². The third-order valence-corrected chi connectivity index (χ3v) is 6.88. The van der Waals surface area contributed by atoms with E-state index in [1.165, 1.54) is 0 Å². The summed E-state index contributed by atoms with van der Waals surface area (Å²) in [5, 5.41) is 35.8. The standard InChI is InChI=1S/C27H35BF6N6O6/c29-26(30,31)16-4-1-15(2-5-16)3-7-21(24(43)39-19-10-17(27(32,33)34)9-18(11-19)28(45)46)40-23(42)20(37)6-8-22(41)38-14-25(44,12-35)13-36/h1-2,4-5,9-11,20-21,44-46H,3,6-8,12-14,35-37H2,(H,38,41)(H,39,43)(H,40,42)/t20-,21+/m0/s1. The number of benzene rings is 2. The Bertz CT molecular complexity index is 1340. The van der Waals surface area contributed by atoms with E-state index in [0.29, 0.717) is 17.7 Å². The normalized spacial score (nSPS) is 13.5. The Kier molecular flexibility index (Phi) is 13.5. The van der Waals surface area contributed by atoms with E-state index >= 15 is 0 Å². The second-order valence-electron chi connectivity index (χ2n) is 10.6. The molecule has 0 aliphatic heterocycles. The van der Waals surface area contributed by atoms with Crippen LogP contribution in [0.15, 0.2) is 42.5 Å². The first kappa shape index (κ1) is 38.4. The maximum atomic E-state index is 13.4. The van der Waals surface area contributed by atoms with Crippen molar-refractivity contribution >= 4 is 36.0 Å². The van der Waals surface area contributed by atoms with Crippen molar-refractivity contribution in [1.82, 2.24) is 10.6 Å². The topological polar surface area (TPSA) is 226 Å². The van der Waals surface area contributed by atoms with E-state index in [1.54, 1.807) is 0 Å². The number of aliphatic hydroxyl groups is 1. The molecule has 2 rings (SSSR count). The Balaban J connectivity index is 2.21. The van der Waals surface area contributed by atoms with Gasteiger partial charge in [-0.15, -0.1) is 0 Å². The summed E-state index contributed by atoms with van der Waals surface area (Å²) in [7, 11) is -2.32. The van der Waals surface area contributed by atoms with Crippen molar-refractivity contribution in [3.63, 3.8) is 0 Å².